The highest BCUT2D eigenvalue weighted by Gasteiger charge is 1.50. The highest BCUT2D eigenvalue weighted by molar-refractivity contribution is 5.49. The van der Waals surface area contributed by atoms with E-state index in [1.54, 1.807) is 0 Å². The van der Waals surface area contributed by atoms with Crippen LogP contribution in [0, 0.1) is 12.5 Å². The SMILES string of the molecule is C#CNC=O. The van der Waals surface area contributed by atoms with Crippen LogP contribution < -0.4 is 5.32 Å². The van der Waals surface area contributed by atoms with Gasteiger partial charge in [0.25, 0.3) is 0 Å². The summed E-state index contributed by atoms with van der Waals surface area (Å²) in [6, 6.07) is 1.90. The molecular weight excluding hydrogens is 66.0 g/mol. The van der Waals surface area contributed by atoms with Gasteiger partial charge < -0.3 is 0 Å². The minimum Gasteiger partial charge on any atom is -0.288 e. The van der Waals surface area contributed by atoms with E-state index in [1.807, 2.05) is 11.4 Å². The molecule has 5 heavy (non-hydrogen) atoms. The molecule has 0 aliphatic heterocycles. The van der Waals surface area contributed by atoms with Crippen molar-refractivity contribution >= 4 is 6.41 Å². The largest absolute Gasteiger partial charge is 0.288 e. The zero-order valence-electron chi connectivity index (χ0n) is 2.56. The van der Waals surface area contributed by atoms with Crippen molar-refractivity contribution in [2.24, 2.45) is 0 Å². The number of rotatable bonds is 1. The van der Waals surface area contributed by atoms with E-state index in [9.17, 15) is 0 Å². The maximum atomic E-state index is 9.15. The summed E-state index contributed by atoms with van der Waals surface area (Å²) in [6.07, 6.45) is 4.99. The molecule has 0 aromatic carbocycles. The quantitative estimate of drug-likeness (QED) is 0.247. The zero-order chi connectivity index (χ0) is 4.12. The van der Waals surface area contributed by atoms with Gasteiger partial charge in [0.2, 0.25) is 6.41 Å². The molecule has 0 saturated carbocycles. The Labute approximate surface area is 30.2 Å². The predicted molar refractivity (Wildman–Crippen MR) is 18.0 cm³/mol. The molecule has 0 heterocycles. The van der Waals surface area contributed by atoms with Gasteiger partial charge in [0.15, 0.2) is 0 Å². The number of amides is 1. The van der Waals surface area contributed by atoms with Gasteiger partial charge in [-0.05, 0) is 0 Å². The molecule has 0 aromatic heterocycles. The van der Waals surface area contributed by atoms with Gasteiger partial charge in [0.05, 0.1) is 0 Å². The van der Waals surface area contributed by atoms with Gasteiger partial charge >= 0.3 is 0 Å². The van der Waals surface area contributed by atoms with E-state index >= 15 is 0 Å². The third-order valence-electron chi connectivity index (χ3n) is 0.142. The molecule has 1 amide bonds. The molecule has 0 unspecified atom stereocenters. The van der Waals surface area contributed by atoms with Crippen LogP contribution in [-0.2, 0) is 4.79 Å². The van der Waals surface area contributed by atoms with Gasteiger partial charge in [-0.25, -0.2) is 0 Å². The Hall–Kier alpha value is -0.970. The number of hydrogen-bond donors (Lipinski definition) is 1. The Kier molecular flexibility index (Phi) is 2.44. The van der Waals surface area contributed by atoms with Crippen molar-refractivity contribution in [2.45, 2.75) is 0 Å². The highest BCUT2D eigenvalue weighted by Crippen LogP contribution is 1.23. The second-order valence-corrected chi connectivity index (χ2v) is 0.407. The summed E-state index contributed by atoms with van der Waals surface area (Å²) in [5, 5.41) is 1.96. The van der Waals surface area contributed by atoms with Crippen molar-refractivity contribution in [3.63, 3.8) is 0 Å². The van der Waals surface area contributed by atoms with Gasteiger partial charge in [-0.1, -0.05) is 6.42 Å². The number of terminal acetylenes is 1. The van der Waals surface area contributed by atoms with Crippen molar-refractivity contribution < 1.29 is 4.79 Å². The summed E-state index contributed by atoms with van der Waals surface area (Å²) < 4.78 is 0. The summed E-state index contributed by atoms with van der Waals surface area (Å²) in [7, 11) is 0. The third kappa shape index (κ3) is 3.03. The van der Waals surface area contributed by atoms with Gasteiger partial charge in [-0.2, -0.15) is 0 Å². The highest BCUT2D eigenvalue weighted by atomic mass is 16.1. The predicted octanol–water partition coefficient (Wildman–Crippen LogP) is -0.677. The van der Waals surface area contributed by atoms with Gasteiger partial charge in [-0.15, -0.1) is 0 Å². The summed E-state index contributed by atoms with van der Waals surface area (Å²) in [6.45, 7) is 0. The van der Waals surface area contributed by atoms with Crippen LogP contribution >= 0.6 is 0 Å². The average Bonchev–Trinajstić information content (AvgIpc) is 1.41. The second-order valence-electron chi connectivity index (χ2n) is 0.407. The zero-order valence-corrected chi connectivity index (χ0v) is 2.56. The molecule has 2 heteroatoms. The first kappa shape index (κ1) is 4.03. The van der Waals surface area contributed by atoms with Gasteiger partial charge in [-0.3, -0.25) is 10.1 Å². The molecule has 0 aliphatic rings. The molecule has 2 nitrogen and oxygen atoms in total. The maximum absolute atomic E-state index is 9.15. The smallest absolute Gasteiger partial charge is 0.218 e. The van der Waals surface area contributed by atoms with Crippen LogP contribution in [0.1, 0.15) is 0 Å². The average molecular weight is 69.1 g/mol. The fourth-order valence-corrected chi connectivity index (χ4v) is 0.0340. The Morgan fingerprint density at radius 1 is 2.00 bits per heavy atom. The fraction of sp³-hybridized carbons (Fsp3) is 0. The molecule has 26 valence electrons. The van der Waals surface area contributed by atoms with Crippen LogP contribution in [0.5, 0.6) is 0 Å². The molecule has 0 rings (SSSR count). The second kappa shape index (κ2) is 3.03. The Balaban J connectivity index is 2.75. The Morgan fingerprint density at radius 3 is 2.60 bits per heavy atom. The van der Waals surface area contributed by atoms with Crippen LogP contribution in [0.4, 0.5) is 0 Å². The lowest BCUT2D eigenvalue weighted by Gasteiger charge is -1.65. The first-order valence-electron chi connectivity index (χ1n) is 1.06. The van der Waals surface area contributed by atoms with E-state index < -0.39 is 0 Å². The van der Waals surface area contributed by atoms with Crippen molar-refractivity contribution in [1.29, 1.82) is 0 Å². The van der Waals surface area contributed by atoms with Crippen LogP contribution in [0.25, 0.3) is 0 Å². The van der Waals surface area contributed by atoms with Gasteiger partial charge in [0.1, 0.15) is 0 Å². The summed E-state index contributed by atoms with van der Waals surface area (Å²) >= 11 is 0. The van der Waals surface area contributed by atoms with Crippen molar-refractivity contribution in [2.75, 3.05) is 0 Å². The lowest BCUT2D eigenvalue weighted by atomic mass is 11.1. The molecule has 0 saturated heterocycles. The first-order chi connectivity index (χ1) is 2.41. The van der Waals surface area contributed by atoms with Crippen LogP contribution in [-0.4, -0.2) is 6.41 Å². The van der Waals surface area contributed by atoms with E-state index in [0.717, 1.165) is 0 Å². The lowest BCUT2D eigenvalue weighted by Crippen LogP contribution is -1.97. The van der Waals surface area contributed by atoms with Crippen molar-refractivity contribution in [3.05, 3.63) is 0 Å². The van der Waals surface area contributed by atoms with E-state index in [-0.39, 0.29) is 0 Å². The van der Waals surface area contributed by atoms with Crippen molar-refractivity contribution in [1.82, 2.24) is 5.32 Å². The summed E-state index contributed by atoms with van der Waals surface area (Å²) in [4.78, 5) is 9.15. The van der Waals surface area contributed by atoms with E-state index in [2.05, 4.69) is 6.42 Å². The molecular formula is C3H3NO. The van der Waals surface area contributed by atoms with Crippen LogP contribution in [0.15, 0.2) is 0 Å². The minimum atomic E-state index is 0.444. The molecule has 0 bridgehead atoms. The third-order valence-corrected chi connectivity index (χ3v) is 0.142. The van der Waals surface area contributed by atoms with E-state index in [1.165, 1.54) is 0 Å². The molecule has 0 aliphatic carbocycles. The normalized spacial score (nSPS) is 4.60. The summed E-state index contributed by atoms with van der Waals surface area (Å²) in [5.74, 6) is 0. The van der Waals surface area contributed by atoms with Crippen LogP contribution in [0.2, 0.25) is 0 Å². The van der Waals surface area contributed by atoms with Crippen molar-refractivity contribution in [3.8, 4) is 12.5 Å². The number of carbonyl (C=O) groups is 1. The Morgan fingerprint density at radius 2 is 2.60 bits per heavy atom. The number of hydrogen-bond acceptors (Lipinski definition) is 1. The first-order valence-corrected chi connectivity index (χ1v) is 1.06. The molecule has 0 atom stereocenters. The number of nitrogens with one attached hydrogen (secondary N) is 1. The standard InChI is InChI=1S/C3H3NO/c1-2-4-3-5/h1,3H,(H,4,5). The number of carbonyl (C=O) groups excluding carboxylic acids is 1. The summed E-state index contributed by atoms with van der Waals surface area (Å²) in [5.41, 5.74) is 0. The molecule has 0 radical (unpaired) electrons. The fourth-order valence-electron chi connectivity index (χ4n) is 0.0340. The maximum Gasteiger partial charge on any atom is 0.218 e. The molecule has 1 N–H and O–H groups in total. The molecule has 0 aromatic rings. The minimum absolute atomic E-state index is 0.444. The van der Waals surface area contributed by atoms with Crippen LogP contribution in [0.3, 0.4) is 0 Å². The Bertz CT molecular complexity index is 61.8. The van der Waals surface area contributed by atoms with E-state index in [4.69, 9.17) is 4.79 Å². The topological polar surface area (TPSA) is 29.1 Å². The lowest BCUT2D eigenvalue weighted by molar-refractivity contribution is -0.108. The van der Waals surface area contributed by atoms with E-state index in [0.29, 0.717) is 6.41 Å². The van der Waals surface area contributed by atoms with Gasteiger partial charge in [0, 0.05) is 6.04 Å². The molecule has 0 fully saturated rings. The monoisotopic (exact) mass is 69.0 g/mol. The molecule has 0 spiro atoms.